The Hall–Kier alpha value is -1.03. The molecule has 2 saturated heterocycles. The molecule has 3 aliphatic heterocycles. The highest BCUT2D eigenvalue weighted by atomic mass is 16.6. The van der Waals surface area contributed by atoms with E-state index in [-0.39, 0.29) is 36.5 Å². The first-order valence-electron chi connectivity index (χ1n) is 18.7. The van der Waals surface area contributed by atoms with Crippen molar-refractivity contribution in [2.75, 3.05) is 0 Å². The van der Waals surface area contributed by atoms with Crippen molar-refractivity contribution in [2.24, 2.45) is 0 Å². The van der Waals surface area contributed by atoms with E-state index in [4.69, 9.17) is 14.2 Å². The zero-order chi connectivity index (χ0) is 32.4. The minimum absolute atomic E-state index is 0.0532. The van der Waals surface area contributed by atoms with E-state index in [2.05, 4.69) is 6.92 Å². The molecule has 8 heteroatoms. The molecular formula is C37H66O8. The maximum atomic E-state index is 11.7. The fourth-order valence-electron chi connectivity index (χ4n) is 7.30. The average Bonchev–Trinajstić information content (AvgIpc) is 3.76. The monoisotopic (exact) mass is 638 g/mol. The lowest BCUT2D eigenvalue weighted by atomic mass is 9.99. The van der Waals surface area contributed by atoms with E-state index in [1.165, 1.54) is 38.5 Å². The number of hydrogen-bond acceptors (Lipinski definition) is 8. The van der Waals surface area contributed by atoms with Crippen LogP contribution in [0.1, 0.15) is 162 Å². The van der Waals surface area contributed by atoms with Gasteiger partial charge in [0.2, 0.25) is 0 Å². The number of ether oxygens (including phenoxy) is 3. The molecule has 0 aliphatic carbocycles. The van der Waals surface area contributed by atoms with Crippen molar-refractivity contribution >= 4 is 5.97 Å². The molecule has 3 rings (SSSR count). The van der Waals surface area contributed by atoms with E-state index < -0.39 is 24.4 Å². The number of rotatable bonds is 25. The van der Waals surface area contributed by atoms with Crippen LogP contribution in [0.5, 0.6) is 0 Å². The summed E-state index contributed by atoms with van der Waals surface area (Å²) < 4.78 is 17.7. The highest BCUT2D eigenvalue weighted by Gasteiger charge is 2.39. The third-order valence-corrected chi connectivity index (χ3v) is 10.1. The van der Waals surface area contributed by atoms with Crippen LogP contribution in [-0.2, 0) is 19.0 Å². The van der Waals surface area contributed by atoms with Crippen LogP contribution in [0.25, 0.3) is 0 Å². The number of hydrogen-bond donors (Lipinski definition) is 4. The number of cyclic esters (lactones) is 1. The van der Waals surface area contributed by atoms with Gasteiger partial charge in [-0.3, -0.25) is 0 Å². The normalized spacial score (nSPS) is 27.8. The molecule has 0 aromatic heterocycles. The fraction of sp³-hybridized carbons (Fsp3) is 0.919. The van der Waals surface area contributed by atoms with Gasteiger partial charge in [0.15, 0.2) is 0 Å². The van der Waals surface area contributed by atoms with Crippen LogP contribution in [-0.4, -0.2) is 81.3 Å². The summed E-state index contributed by atoms with van der Waals surface area (Å²) in [5.74, 6) is -0.314. The molecule has 0 bridgehead atoms. The highest BCUT2D eigenvalue weighted by molar-refractivity contribution is 5.90. The molecule has 0 amide bonds. The summed E-state index contributed by atoms with van der Waals surface area (Å²) in [5, 5.41) is 41.7. The number of esters is 1. The van der Waals surface area contributed by atoms with E-state index in [0.717, 1.165) is 77.0 Å². The molecule has 0 spiro atoms. The fourth-order valence-corrected chi connectivity index (χ4v) is 7.30. The van der Waals surface area contributed by atoms with Crippen molar-refractivity contribution in [2.45, 2.75) is 216 Å². The predicted octanol–water partition coefficient (Wildman–Crippen LogP) is 6.83. The van der Waals surface area contributed by atoms with Gasteiger partial charge in [0.05, 0.1) is 48.8 Å². The molecule has 9 atom stereocenters. The van der Waals surface area contributed by atoms with Crippen molar-refractivity contribution in [3.05, 3.63) is 11.6 Å². The Morgan fingerprint density at radius 1 is 0.711 bits per heavy atom. The van der Waals surface area contributed by atoms with Gasteiger partial charge in [-0.05, 0) is 70.8 Å². The Labute approximate surface area is 273 Å². The van der Waals surface area contributed by atoms with Gasteiger partial charge >= 0.3 is 5.97 Å². The molecule has 3 aliphatic rings. The van der Waals surface area contributed by atoms with Crippen molar-refractivity contribution in [3.8, 4) is 0 Å². The van der Waals surface area contributed by atoms with Crippen molar-refractivity contribution in [3.63, 3.8) is 0 Å². The zero-order valence-corrected chi connectivity index (χ0v) is 28.5. The van der Waals surface area contributed by atoms with Gasteiger partial charge in [0.1, 0.15) is 6.10 Å². The van der Waals surface area contributed by atoms with Crippen LogP contribution < -0.4 is 0 Å². The lowest BCUT2D eigenvalue weighted by Crippen LogP contribution is -2.31. The number of aliphatic hydroxyl groups excluding tert-OH is 4. The van der Waals surface area contributed by atoms with Gasteiger partial charge < -0.3 is 34.6 Å². The Morgan fingerprint density at radius 2 is 1.29 bits per heavy atom. The van der Waals surface area contributed by atoms with Crippen LogP contribution in [0, 0.1) is 0 Å². The van der Waals surface area contributed by atoms with E-state index in [1.807, 2.05) is 6.92 Å². The molecule has 4 N–H and O–H groups in total. The predicted molar refractivity (Wildman–Crippen MR) is 177 cm³/mol. The Bertz CT molecular complexity index is 833. The number of carbonyl (C=O) groups is 1. The van der Waals surface area contributed by atoms with E-state index in [1.54, 1.807) is 6.08 Å². The molecule has 2 unspecified atom stereocenters. The lowest BCUT2D eigenvalue weighted by Gasteiger charge is -2.23. The van der Waals surface area contributed by atoms with Gasteiger partial charge in [-0.2, -0.15) is 0 Å². The molecule has 0 aromatic rings. The van der Waals surface area contributed by atoms with Crippen molar-refractivity contribution in [1.82, 2.24) is 0 Å². The van der Waals surface area contributed by atoms with Gasteiger partial charge in [-0.25, -0.2) is 4.79 Å². The summed E-state index contributed by atoms with van der Waals surface area (Å²) in [6.45, 7) is 4.06. The summed E-state index contributed by atoms with van der Waals surface area (Å²) >= 11 is 0. The van der Waals surface area contributed by atoms with Gasteiger partial charge in [0.25, 0.3) is 0 Å². The van der Waals surface area contributed by atoms with Crippen LogP contribution in [0.4, 0.5) is 0 Å². The van der Waals surface area contributed by atoms with Gasteiger partial charge in [0, 0.05) is 12.0 Å². The molecule has 2 fully saturated rings. The number of carbonyl (C=O) groups excluding carboxylic acids is 1. The molecule has 8 nitrogen and oxygen atoms in total. The maximum absolute atomic E-state index is 11.7. The highest BCUT2D eigenvalue weighted by Crippen LogP contribution is 2.34. The lowest BCUT2D eigenvalue weighted by molar-refractivity contribution is -0.139. The smallest absolute Gasteiger partial charge is 0.334 e. The minimum atomic E-state index is -0.625. The maximum Gasteiger partial charge on any atom is 0.334 e. The zero-order valence-electron chi connectivity index (χ0n) is 28.5. The first kappa shape index (κ1) is 38.4. The minimum Gasteiger partial charge on any atom is -0.455 e. The topological polar surface area (TPSA) is 126 Å². The van der Waals surface area contributed by atoms with Gasteiger partial charge in [-0.1, -0.05) is 90.4 Å². The number of aliphatic hydroxyl groups is 4. The Balaban J connectivity index is 1.17. The summed E-state index contributed by atoms with van der Waals surface area (Å²) in [6, 6.07) is 0. The molecule has 0 radical (unpaired) electrons. The molecule has 0 aromatic carbocycles. The first-order valence-corrected chi connectivity index (χ1v) is 18.7. The SMILES string of the molecule is CCCCCCCCCCC(O)C(O)CCCC[C@@H]1CC[C@@H]([C@@H]2CC[C@@H]([C@@H](O)CCCCC[C@@H](O)CC3=C[C@H](C)OC3=O)O2)O1. The van der Waals surface area contributed by atoms with E-state index in [0.29, 0.717) is 37.7 Å². The summed E-state index contributed by atoms with van der Waals surface area (Å²) in [7, 11) is 0. The Kier molecular flexibility index (Phi) is 18.6. The third kappa shape index (κ3) is 14.7. The van der Waals surface area contributed by atoms with Gasteiger partial charge in [-0.15, -0.1) is 0 Å². The van der Waals surface area contributed by atoms with Crippen molar-refractivity contribution in [1.29, 1.82) is 0 Å². The average molecular weight is 639 g/mol. The molecular weight excluding hydrogens is 572 g/mol. The van der Waals surface area contributed by atoms with E-state index >= 15 is 0 Å². The summed E-state index contributed by atoms with van der Waals surface area (Å²) in [4.78, 5) is 11.7. The molecule has 3 heterocycles. The number of unbranched alkanes of at least 4 members (excludes halogenated alkanes) is 10. The second kappa shape index (κ2) is 21.8. The quantitative estimate of drug-likeness (QED) is 0.0634. The van der Waals surface area contributed by atoms with Crippen LogP contribution in [0.15, 0.2) is 11.6 Å². The standard InChI is InChI=1S/C37H66O8/c1-3-4-5-6-7-8-9-12-18-31(39)32(40)19-15-14-17-30-21-22-35(44-30)36-24-23-34(45-36)33(41)20-13-10-11-16-29(38)26-28-25-27(2)43-37(28)42/h25,27,29-36,38-41H,3-24,26H2,1-2H3/t27-,29+,30+,31?,32?,33-,34-,35-,36-/m0/s1. The molecule has 262 valence electrons. The third-order valence-electron chi connectivity index (χ3n) is 10.1. The largest absolute Gasteiger partial charge is 0.455 e. The second-order valence-electron chi connectivity index (χ2n) is 14.2. The second-order valence-corrected chi connectivity index (χ2v) is 14.2. The first-order chi connectivity index (χ1) is 21.8. The van der Waals surface area contributed by atoms with Crippen LogP contribution in [0.3, 0.4) is 0 Å². The Morgan fingerprint density at radius 3 is 1.98 bits per heavy atom. The summed E-state index contributed by atoms with van der Waals surface area (Å²) in [6.07, 6.45) is 21.9. The van der Waals surface area contributed by atoms with Crippen LogP contribution in [0.2, 0.25) is 0 Å². The van der Waals surface area contributed by atoms with Crippen LogP contribution >= 0.6 is 0 Å². The van der Waals surface area contributed by atoms with Crippen molar-refractivity contribution < 1.29 is 39.4 Å². The molecule has 0 saturated carbocycles. The molecule has 45 heavy (non-hydrogen) atoms. The summed E-state index contributed by atoms with van der Waals surface area (Å²) in [5.41, 5.74) is 0.575. The van der Waals surface area contributed by atoms with E-state index in [9.17, 15) is 25.2 Å².